The van der Waals surface area contributed by atoms with Crippen molar-refractivity contribution >= 4 is 40.6 Å². The quantitative estimate of drug-likeness (QED) is 0.125. The molecule has 42 heavy (non-hydrogen) atoms. The number of ketones is 1. The Morgan fingerprint density at radius 2 is 1.81 bits per heavy atom. The number of methoxy groups -OCH3 is 1. The first kappa shape index (κ1) is 28.7. The molecule has 4 aromatic rings. The monoisotopic (exact) mass is 576 g/mol. The number of fused-ring (bicyclic) bond motifs is 1. The number of halogens is 1. The van der Waals surface area contributed by atoms with Gasteiger partial charge in [0.2, 0.25) is 0 Å². The van der Waals surface area contributed by atoms with Crippen LogP contribution in [0.3, 0.4) is 0 Å². The molecule has 0 spiro atoms. The minimum absolute atomic E-state index is 0.0990. The number of nitrogens with zero attached hydrogens (tertiary/aromatic N) is 4. The lowest BCUT2D eigenvalue weighted by molar-refractivity contribution is -0.140. The molecule has 0 saturated heterocycles. The minimum atomic E-state index is -0.987. The number of allylic oxidation sites excluding steroid dienone is 3. The zero-order valence-corrected chi connectivity index (χ0v) is 24.0. The van der Waals surface area contributed by atoms with Crippen molar-refractivity contribution in [2.75, 3.05) is 7.11 Å². The van der Waals surface area contributed by atoms with Gasteiger partial charge in [0.25, 0.3) is 0 Å². The van der Waals surface area contributed by atoms with Crippen molar-refractivity contribution in [3.8, 4) is 6.07 Å². The standard InChI is InChI=1S/C34H29ClN4O3/c1-39-29-17-13-25(31(41)27(16-18-30(40)42-2)24-9-5-3-6-10-24)21-28(29)38-33(39)32(35)34(19-7-4-8-20-37-34)26-14-11-23(22-36)12-15-26/h3-15,17,19-21,27,32H,16,18H2,1-2H3. The van der Waals surface area contributed by atoms with Crippen LogP contribution in [0.5, 0.6) is 0 Å². The van der Waals surface area contributed by atoms with E-state index in [-0.39, 0.29) is 18.2 Å². The highest BCUT2D eigenvalue weighted by Crippen LogP contribution is 2.45. The van der Waals surface area contributed by atoms with Crippen LogP contribution in [0.25, 0.3) is 11.0 Å². The number of hydrogen-bond donors (Lipinski definition) is 0. The van der Waals surface area contributed by atoms with Crippen LogP contribution in [0.2, 0.25) is 0 Å². The summed E-state index contributed by atoms with van der Waals surface area (Å²) in [5.41, 5.74) is 3.14. The molecule has 0 saturated carbocycles. The number of benzene rings is 3. The van der Waals surface area contributed by atoms with Gasteiger partial charge in [-0.1, -0.05) is 60.7 Å². The highest BCUT2D eigenvalue weighted by molar-refractivity contribution is 6.22. The second-order valence-electron chi connectivity index (χ2n) is 10.1. The Labute approximate surface area is 249 Å². The van der Waals surface area contributed by atoms with Gasteiger partial charge in [0, 0.05) is 31.2 Å². The summed E-state index contributed by atoms with van der Waals surface area (Å²) < 4.78 is 6.74. The lowest BCUT2D eigenvalue weighted by Gasteiger charge is -2.31. The number of nitriles is 1. The summed E-state index contributed by atoms with van der Waals surface area (Å²) in [4.78, 5) is 35.5. The first-order chi connectivity index (χ1) is 20.4. The van der Waals surface area contributed by atoms with Crippen molar-refractivity contribution in [3.05, 3.63) is 125 Å². The summed E-state index contributed by atoms with van der Waals surface area (Å²) >= 11 is 7.26. The van der Waals surface area contributed by atoms with Crippen molar-refractivity contribution in [2.24, 2.45) is 12.0 Å². The molecule has 1 aliphatic heterocycles. The zero-order chi connectivity index (χ0) is 29.7. The van der Waals surface area contributed by atoms with E-state index in [2.05, 4.69) is 6.07 Å². The summed E-state index contributed by atoms with van der Waals surface area (Å²) in [6, 6.07) is 24.2. The van der Waals surface area contributed by atoms with Crippen LogP contribution >= 0.6 is 11.6 Å². The van der Waals surface area contributed by atoms with Crippen LogP contribution in [-0.2, 0) is 22.1 Å². The molecule has 5 rings (SSSR count). The Kier molecular flexibility index (Phi) is 8.46. The molecule has 3 aromatic carbocycles. The third-order valence-corrected chi connectivity index (χ3v) is 8.15. The third kappa shape index (κ3) is 5.54. The normalized spacial score (nSPS) is 17.4. The van der Waals surface area contributed by atoms with E-state index in [1.165, 1.54) is 7.11 Å². The molecule has 210 valence electrons. The van der Waals surface area contributed by atoms with Gasteiger partial charge in [-0.3, -0.25) is 14.6 Å². The summed E-state index contributed by atoms with van der Waals surface area (Å²) in [5.74, 6) is -0.389. The number of esters is 1. The number of carbonyl (C=O) groups excluding carboxylic acids is 2. The molecule has 8 heteroatoms. The number of aliphatic imine (C=N–C) groups is 1. The molecular weight excluding hydrogens is 548 g/mol. The molecule has 0 radical (unpaired) electrons. The molecule has 0 N–H and O–H groups in total. The fourth-order valence-electron chi connectivity index (χ4n) is 5.30. The lowest BCUT2D eigenvalue weighted by Crippen LogP contribution is -2.28. The molecule has 1 aromatic heterocycles. The van der Waals surface area contributed by atoms with Gasteiger partial charge in [-0.2, -0.15) is 5.26 Å². The Balaban J connectivity index is 1.53. The molecule has 2 heterocycles. The van der Waals surface area contributed by atoms with Gasteiger partial charge in [0.05, 0.1) is 29.8 Å². The van der Waals surface area contributed by atoms with E-state index in [4.69, 9.17) is 26.3 Å². The molecule has 0 aliphatic carbocycles. The largest absolute Gasteiger partial charge is 0.469 e. The minimum Gasteiger partial charge on any atom is -0.469 e. The predicted molar refractivity (Wildman–Crippen MR) is 164 cm³/mol. The maximum atomic E-state index is 13.8. The van der Waals surface area contributed by atoms with E-state index in [0.717, 1.165) is 16.6 Å². The van der Waals surface area contributed by atoms with Crippen molar-refractivity contribution in [1.82, 2.24) is 9.55 Å². The average molecular weight is 577 g/mol. The summed E-state index contributed by atoms with van der Waals surface area (Å²) in [6.07, 6.45) is 9.73. The highest BCUT2D eigenvalue weighted by Gasteiger charge is 2.40. The molecular formula is C34H29ClN4O3. The van der Waals surface area contributed by atoms with Gasteiger partial charge in [0.1, 0.15) is 16.7 Å². The first-order valence-electron chi connectivity index (χ1n) is 13.5. The van der Waals surface area contributed by atoms with Gasteiger partial charge in [0.15, 0.2) is 5.78 Å². The van der Waals surface area contributed by atoms with Crippen LogP contribution < -0.4 is 0 Å². The van der Waals surface area contributed by atoms with Crippen LogP contribution in [0.4, 0.5) is 0 Å². The van der Waals surface area contributed by atoms with Crippen LogP contribution in [0, 0.1) is 11.3 Å². The van der Waals surface area contributed by atoms with E-state index in [0.29, 0.717) is 28.9 Å². The zero-order valence-electron chi connectivity index (χ0n) is 23.3. The van der Waals surface area contributed by atoms with Crippen molar-refractivity contribution < 1.29 is 14.3 Å². The fourth-order valence-corrected chi connectivity index (χ4v) is 5.75. The van der Waals surface area contributed by atoms with Crippen LogP contribution in [0.1, 0.15) is 57.0 Å². The number of Topliss-reactive ketones (excluding diaryl/α,β-unsaturated/α-hetero) is 1. The van der Waals surface area contributed by atoms with Crippen LogP contribution in [-0.4, -0.2) is 34.6 Å². The van der Waals surface area contributed by atoms with Gasteiger partial charge >= 0.3 is 5.97 Å². The number of carbonyl (C=O) groups is 2. The summed E-state index contributed by atoms with van der Waals surface area (Å²) in [6.45, 7) is 0. The highest BCUT2D eigenvalue weighted by atomic mass is 35.5. The maximum Gasteiger partial charge on any atom is 0.305 e. The number of aromatic nitrogens is 2. The van der Waals surface area contributed by atoms with E-state index in [1.54, 1.807) is 30.5 Å². The van der Waals surface area contributed by atoms with E-state index in [9.17, 15) is 14.9 Å². The maximum absolute atomic E-state index is 13.8. The predicted octanol–water partition coefficient (Wildman–Crippen LogP) is 6.74. The van der Waals surface area contributed by atoms with Crippen molar-refractivity contribution in [1.29, 1.82) is 5.26 Å². The van der Waals surface area contributed by atoms with E-state index in [1.807, 2.05) is 84.4 Å². The molecule has 7 nitrogen and oxygen atoms in total. The number of rotatable bonds is 9. The Morgan fingerprint density at radius 1 is 1.05 bits per heavy atom. The second kappa shape index (κ2) is 12.4. The van der Waals surface area contributed by atoms with Gasteiger partial charge in [-0.05, 0) is 54.0 Å². The van der Waals surface area contributed by atoms with E-state index >= 15 is 0 Å². The van der Waals surface area contributed by atoms with Gasteiger partial charge < -0.3 is 9.30 Å². The number of alkyl halides is 1. The smallest absolute Gasteiger partial charge is 0.305 e. The molecule has 0 bridgehead atoms. The fraction of sp³-hybridized carbons (Fsp3) is 0.206. The van der Waals surface area contributed by atoms with Crippen molar-refractivity contribution in [3.63, 3.8) is 0 Å². The number of hydrogen-bond acceptors (Lipinski definition) is 6. The number of imidazole rings is 1. The lowest BCUT2D eigenvalue weighted by atomic mass is 9.85. The topological polar surface area (TPSA) is 97.3 Å². The number of ether oxygens (including phenoxy) is 1. The first-order valence-corrected chi connectivity index (χ1v) is 14.0. The summed E-state index contributed by atoms with van der Waals surface area (Å²) in [5, 5.41) is 8.57. The third-order valence-electron chi connectivity index (χ3n) is 7.62. The number of aryl methyl sites for hydroxylation is 1. The van der Waals surface area contributed by atoms with Gasteiger partial charge in [-0.15, -0.1) is 11.6 Å². The molecule has 0 amide bonds. The van der Waals surface area contributed by atoms with Crippen LogP contribution in [0.15, 0.2) is 102 Å². The molecule has 3 unspecified atom stereocenters. The summed E-state index contributed by atoms with van der Waals surface area (Å²) in [7, 11) is 3.23. The Morgan fingerprint density at radius 3 is 2.52 bits per heavy atom. The molecule has 3 atom stereocenters. The Hall–Kier alpha value is -4.80. The van der Waals surface area contributed by atoms with E-state index < -0.39 is 16.8 Å². The van der Waals surface area contributed by atoms with Crippen molar-refractivity contribution in [2.45, 2.75) is 29.7 Å². The second-order valence-corrected chi connectivity index (χ2v) is 10.5. The molecule has 1 aliphatic rings. The Bertz CT molecular complexity index is 1730. The average Bonchev–Trinajstić information content (AvgIpc) is 3.18. The SMILES string of the molecule is COC(=O)CCC(C(=O)c1ccc2c(c1)nc(C(Cl)C1(c3ccc(C#N)cc3)C=CC=CC=N1)n2C)c1ccccc1. The molecule has 0 fully saturated rings. The van der Waals surface area contributed by atoms with Gasteiger partial charge in [-0.25, -0.2) is 4.98 Å².